The van der Waals surface area contributed by atoms with Gasteiger partial charge in [0.2, 0.25) is 0 Å². The van der Waals surface area contributed by atoms with Crippen LogP contribution in [0.1, 0.15) is 15.9 Å². The fourth-order valence-corrected chi connectivity index (χ4v) is 2.68. The van der Waals surface area contributed by atoms with E-state index in [1.807, 2.05) is 0 Å². The van der Waals surface area contributed by atoms with Crippen LogP contribution in [0.4, 0.5) is 8.78 Å². The fourth-order valence-electron chi connectivity index (χ4n) is 2.40. The monoisotopic (exact) mass is 353 g/mol. The molecule has 0 saturated carbocycles. The molecule has 126 valence electrons. The summed E-state index contributed by atoms with van der Waals surface area (Å²) in [6.07, 6.45) is 0.457. The topological polar surface area (TPSA) is 47.6 Å². The number of carbonyl (C=O) groups is 1. The number of nitrogens with one attached hydrogen (secondary N) is 1. The molecule has 3 rings (SSSR count). The molecule has 2 aromatic rings. The zero-order chi connectivity index (χ0) is 17.1. The number of rotatable bonds is 4. The maximum atomic E-state index is 13.5. The van der Waals surface area contributed by atoms with Crippen molar-refractivity contribution in [3.63, 3.8) is 0 Å². The second-order valence-electron chi connectivity index (χ2n) is 5.23. The van der Waals surface area contributed by atoms with E-state index in [9.17, 15) is 13.6 Å². The summed E-state index contributed by atoms with van der Waals surface area (Å²) in [5.41, 5.74) is 0.513. The number of hydrogen-bond acceptors (Lipinski definition) is 3. The number of fused-ring (bicyclic) bond motifs is 1. The van der Waals surface area contributed by atoms with Gasteiger partial charge in [-0.2, -0.15) is 0 Å². The Labute approximate surface area is 142 Å². The molecule has 0 fully saturated rings. The van der Waals surface area contributed by atoms with Gasteiger partial charge in [0.05, 0.1) is 10.6 Å². The average Bonchev–Trinajstić information content (AvgIpc) is 2.57. The Bertz CT molecular complexity index is 783. The van der Waals surface area contributed by atoms with E-state index in [2.05, 4.69) is 5.32 Å². The molecule has 0 bridgehead atoms. The molecule has 24 heavy (non-hydrogen) atoms. The lowest BCUT2D eigenvalue weighted by Gasteiger charge is -2.20. The first-order chi connectivity index (χ1) is 11.5. The summed E-state index contributed by atoms with van der Waals surface area (Å²) < 4.78 is 37.6. The third-order valence-electron chi connectivity index (χ3n) is 3.53. The number of halogens is 3. The van der Waals surface area contributed by atoms with E-state index in [-0.39, 0.29) is 12.1 Å². The van der Waals surface area contributed by atoms with Gasteiger partial charge in [0.25, 0.3) is 5.91 Å². The zero-order valence-electron chi connectivity index (χ0n) is 12.6. The molecule has 0 atom stereocenters. The molecule has 7 heteroatoms. The van der Waals surface area contributed by atoms with Gasteiger partial charge in [0, 0.05) is 6.54 Å². The quantitative estimate of drug-likeness (QED) is 0.917. The Hall–Kier alpha value is -2.34. The Kier molecular flexibility index (Phi) is 4.85. The molecule has 0 radical (unpaired) electrons. The molecule has 0 spiro atoms. The van der Waals surface area contributed by atoms with Gasteiger partial charge in [0.15, 0.2) is 11.5 Å². The van der Waals surface area contributed by atoms with E-state index in [1.165, 1.54) is 0 Å². The Balaban J connectivity index is 1.63. The maximum Gasteiger partial charge on any atom is 0.254 e. The van der Waals surface area contributed by atoms with Crippen molar-refractivity contribution in [2.45, 2.75) is 6.42 Å². The summed E-state index contributed by atoms with van der Waals surface area (Å²) >= 11 is 6.14. The molecule has 1 N–H and O–H groups in total. The molecule has 1 aliphatic rings. The van der Waals surface area contributed by atoms with E-state index >= 15 is 0 Å². The number of benzene rings is 2. The lowest BCUT2D eigenvalue weighted by atomic mass is 10.1. The van der Waals surface area contributed by atoms with Crippen LogP contribution in [0.15, 0.2) is 30.3 Å². The average molecular weight is 354 g/mol. The normalized spacial score (nSPS) is 12.8. The van der Waals surface area contributed by atoms with Gasteiger partial charge in [-0.1, -0.05) is 11.6 Å². The first-order valence-electron chi connectivity index (χ1n) is 7.36. The second-order valence-corrected chi connectivity index (χ2v) is 5.64. The van der Waals surface area contributed by atoms with Crippen LogP contribution in [0.3, 0.4) is 0 Å². The molecule has 1 amide bonds. The highest BCUT2D eigenvalue weighted by molar-refractivity contribution is 6.32. The highest BCUT2D eigenvalue weighted by Gasteiger charge is 2.17. The van der Waals surface area contributed by atoms with Crippen LogP contribution in [0.2, 0.25) is 5.02 Å². The van der Waals surface area contributed by atoms with Crippen molar-refractivity contribution >= 4 is 17.5 Å². The molecule has 1 aliphatic heterocycles. The van der Waals surface area contributed by atoms with Gasteiger partial charge in [-0.3, -0.25) is 4.79 Å². The zero-order valence-corrected chi connectivity index (χ0v) is 13.3. The number of amides is 1. The van der Waals surface area contributed by atoms with E-state index < -0.39 is 17.5 Å². The lowest BCUT2D eigenvalue weighted by molar-refractivity contribution is 0.0949. The van der Waals surface area contributed by atoms with Gasteiger partial charge in [-0.05, 0) is 42.3 Å². The Morgan fingerprint density at radius 1 is 1.17 bits per heavy atom. The van der Waals surface area contributed by atoms with Crippen molar-refractivity contribution in [2.75, 3.05) is 19.8 Å². The molecule has 4 nitrogen and oxygen atoms in total. The molecule has 0 saturated heterocycles. The van der Waals surface area contributed by atoms with Crippen LogP contribution in [-0.2, 0) is 6.42 Å². The Morgan fingerprint density at radius 3 is 2.79 bits per heavy atom. The summed E-state index contributed by atoms with van der Waals surface area (Å²) in [4.78, 5) is 11.9. The van der Waals surface area contributed by atoms with E-state index in [0.29, 0.717) is 36.2 Å². The predicted octanol–water partition coefficient (Wildman–Crippen LogP) is 3.36. The summed E-state index contributed by atoms with van der Waals surface area (Å²) in [5, 5.41) is 2.99. The minimum Gasteiger partial charge on any atom is -0.486 e. The molecule has 0 aromatic heterocycles. The minimum atomic E-state index is -0.767. The van der Waals surface area contributed by atoms with Crippen molar-refractivity contribution < 1.29 is 23.0 Å². The fraction of sp³-hybridized carbons (Fsp3) is 0.235. The maximum absolute atomic E-state index is 13.5. The largest absolute Gasteiger partial charge is 0.486 e. The Morgan fingerprint density at radius 2 is 1.96 bits per heavy atom. The predicted molar refractivity (Wildman–Crippen MR) is 84.8 cm³/mol. The third-order valence-corrected chi connectivity index (χ3v) is 3.81. The van der Waals surface area contributed by atoms with Gasteiger partial charge in [-0.15, -0.1) is 0 Å². The molecule has 0 aliphatic carbocycles. The van der Waals surface area contributed by atoms with Crippen molar-refractivity contribution in [2.24, 2.45) is 0 Å². The van der Waals surface area contributed by atoms with Crippen LogP contribution >= 0.6 is 11.6 Å². The van der Waals surface area contributed by atoms with Gasteiger partial charge in [-0.25, -0.2) is 8.78 Å². The summed E-state index contributed by atoms with van der Waals surface area (Å²) in [7, 11) is 0. The third kappa shape index (κ3) is 3.59. The first-order valence-corrected chi connectivity index (χ1v) is 7.73. The summed E-state index contributed by atoms with van der Waals surface area (Å²) in [5.74, 6) is -1.03. The minimum absolute atomic E-state index is 0.241. The van der Waals surface area contributed by atoms with Crippen molar-refractivity contribution in [3.05, 3.63) is 58.1 Å². The molecule has 0 unspecified atom stereocenters. The smallest absolute Gasteiger partial charge is 0.254 e. The van der Waals surface area contributed by atoms with Crippen molar-refractivity contribution in [3.8, 4) is 11.5 Å². The molecular formula is C17H14ClF2NO3. The summed E-state index contributed by atoms with van der Waals surface area (Å²) in [6, 6.07) is 6.26. The van der Waals surface area contributed by atoms with Crippen LogP contribution < -0.4 is 14.8 Å². The van der Waals surface area contributed by atoms with Gasteiger partial charge in [0.1, 0.15) is 24.8 Å². The summed E-state index contributed by atoms with van der Waals surface area (Å²) in [6.45, 7) is 1.13. The number of hydrogen-bond donors (Lipinski definition) is 1. The van der Waals surface area contributed by atoms with Crippen LogP contribution in [0.5, 0.6) is 11.5 Å². The lowest BCUT2D eigenvalue weighted by Crippen LogP contribution is -2.26. The highest BCUT2D eigenvalue weighted by atomic mass is 35.5. The molecule has 2 aromatic carbocycles. The van der Waals surface area contributed by atoms with E-state index in [1.54, 1.807) is 12.1 Å². The van der Waals surface area contributed by atoms with Crippen LogP contribution in [0.25, 0.3) is 0 Å². The first kappa shape index (κ1) is 16.5. The molecule has 1 heterocycles. The standard InChI is InChI=1S/C17H14ClF2NO3/c18-13-7-10(8-15-16(13)24-6-5-23-15)3-4-21-17(22)12-9-11(19)1-2-14(12)20/h1-2,7-9H,3-6H2,(H,21,22). The van der Waals surface area contributed by atoms with E-state index in [0.717, 1.165) is 23.8 Å². The number of ether oxygens (including phenoxy) is 2. The second kappa shape index (κ2) is 7.05. The number of carbonyl (C=O) groups excluding carboxylic acids is 1. The van der Waals surface area contributed by atoms with Crippen molar-refractivity contribution in [1.82, 2.24) is 5.32 Å². The van der Waals surface area contributed by atoms with E-state index in [4.69, 9.17) is 21.1 Å². The van der Waals surface area contributed by atoms with Gasteiger partial charge < -0.3 is 14.8 Å². The highest BCUT2D eigenvalue weighted by Crippen LogP contribution is 2.38. The van der Waals surface area contributed by atoms with Crippen molar-refractivity contribution in [1.29, 1.82) is 0 Å². The van der Waals surface area contributed by atoms with Gasteiger partial charge >= 0.3 is 0 Å². The molecular weight excluding hydrogens is 340 g/mol. The van der Waals surface area contributed by atoms with Crippen LogP contribution in [-0.4, -0.2) is 25.7 Å². The van der Waals surface area contributed by atoms with Crippen LogP contribution in [0, 0.1) is 11.6 Å². The SMILES string of the molecule is O=C(NCCc1cc(Cl)c2c(c1)OCCO2)c1cc(F)ccc1F.